The monoisotopic (exact) mass is 401 g/mol. The number of benzene rings is 2. The maximum Gasteiger partial charge on any atom is 0.261 e. The van der Waals surface area contributed by atoms with Crippen LogP contribution in [0.5, 0.6) is 0 Å². The quantitative estimate of drug-likeness (QED) is 0.569. The molecule has 1 amide bonds. The van der Waals surface area contributed by atoms with Gasteiger partial charge in [0.25, 0.3) is 5.56 Å². The number of rotatable bonds is 3. The summed E-state index contributed by atoms with van der Waals surface area (Å²) < 4.78 is 1.43. The Morgan fingerprint density at radius 3 is 2.90 bits per heavy atom. The van der Waals surface area contributed by atoms with Crippen LogP contribution in [-0.4, -0.2) is 36.9 Å². The highest BCUT2D eigenvalue weighted by molar-refractivity contribution is 5.82. The van der Waals surface area contributed by atoms with Gasteiger partial charge in [-0.25, -0.2) is 9.97 Å². The lowest BCUT2D eigenvalue weighted by Crippen LogP contribution is -2.39. The fourth-order valence-electron chi connectivity index (χ4n) is 4.33. The molecule has 5 rings (SSSR count). The number of imidazole rings is 1. The molecule has 1 aliphatic heterocycles. The van der Waals surface area contributed by atoms with E-state index in [1.165, 1.54) is 10.9 Å². The van der Waals surface area contributed by atoms with Crippen LogP contribution in [0.2, 0.25) is 0 Å². The molecule has 1 aliphatic rings. The van der Waals surface area contributed by atoms with Gasteiger partial charge < -0.3 is 9.88 Å². The first-order valence-corrected chi connectivity index (χ1v) is 10.3. The van der Waals surface area contributed by atoms with Gasteiger partial charge >= 0.3 is 0 Å². The summed E-state index contributed by atoms with van der Waals surface area (Å²) in [6, 6.07) is 12.5. The average Bonchev–Trinajstić information content (AvgIpc) is 3.39. The maximum atomic E-state index is 13.4. The van der Waals surface area contributed by atoms with Crippen molar-refractivity contribution >= 4 is 27.8 Å². The first-order valence-electron chi connectivity index (χ1n) is 10.3. The minimum atomic E-state index is -0.637. The van der Waals surface area contributed by atoms with Crippen LogP contribution in [0.15, 0.2) is 53.6 Å². The molecule has 2 aromatic carbocycles. The number of nitrogens with one attached hydrogen (secondary N) is 1. The van der Waals surface area contributed by atoms with Crippen LogP contribution >= 0.6 is 0 Å². The first-order chi connectivity index (χ1) is 14.5. The molecule has 0 spiro atoms. The molecular formula is C23H23N5O2. The van der Waals surface area contributed by atoms with Crippen LogP contribution in [0.4, 0.5) is 0 Å². The zero-order valence-electron chi connectivity index (χ0n) is 17.0. The Labute approximate surface area is 173 Å². The SMILES string of the molecule is Cc1ccc2nc([C@@H]3CCCN3C(=O)[C@@H](C)n3cnc4ccccc4c3=O)[nH]c2c1. The third-order valence-electron chi connectivity index (χ3n) is 5.97. The van der Waals surface area contributed by atoms with E-state index in [0.29, 0.717) is 17.4 Å². The smallest absolute Gasteiger partial charge is 0.261 e. The molecule has 1 N–H and O–H groups in total. The molecule has 152 valence electrons. The van der Waals surface area contributed by atoms with Gasteiger partial charge in [0.1, 0.15) is 11.9 Å². The zero-order valence-corrected chi connectivity index (χ0v) is 17.0. The van der Waals surface area contributed by atoms with E-state index < -0.39 is 6.04 Å². The van der Waals surface area contributed by atoms with Crippen molar-refractivity contribution in [3.63, 3.8) is 0 Å². The van der Waals surface area contributed by atoms with Gasteiger partial charge in [0.2, 0.25) is 5.91 Å². The molecule has 0 saturated carbocycles. The van der Waals surface area contributed by atoms with Gasteiger partial charge in [0, 0.05) is 6.54 Å². The van der Waals surface area contributed by atoms with Gasteiger partial charge in [0.05, 0.1) is 34.3 Å². The summed E-state index contributed by atoms with van der Waals surface area (Å²) in [5.41, 5.74) is 3.48. The van der Waals surface area contributed by atoms with Crippen molar-refractivity contribution in [2.24, 2.45) is 0 Å². The minimum Gasteiger partial charge on any atom is -0.340 e. The predicted octanol–water partition coefficient (Wildman–Crippen LogP) is 3.51. The largest absolute Gasteiger partial charge is 0.340 e. The first kappa shape index (κ1) is 18.5. The number of para-hydroxylation sites is 1. The van der Waals surface area contributed by atoms with Gasteiger partial charge in [0.15, 0.2) is 0 Å². The number of carbonyl (C=O) groups is 1. The van der Waals surface area contributed by atoms with E-state index in [4.69, 9.17) is 4.98 Å². The van der Waals surface area contributed by atoms with Crippen LogP contribution in [0.1, 0.15) is 43.2 Å². The second kappa shape index (κ2) is 7.09. The number of amides is 1. The van der Waals surface area contributed by atoms with Crippen molar-refractivity contribution in [3.05, 3.63) is 70.5 Å². The molecule has 0 aliphatic carbocycles. The van der Waals surface area contributed by atoms with E-state index in [0.717, 1.165) is 35.3 Å². The lowest BCUT2D eigenvalue weighted by molar-refractivity contribution is -0.135. The molecular weight excluding hydrogens is 378 g/mol. The predicted molar refractivity (Wildman–Crippen MR) is 115 cm³/mol. The Morgan fingerprint density at radius 1 is 1.20 bits per heavy atom. The van der Waals surface area contributed by atoms with Crippen LogP contribution in [0, 0.1) is 6.92 Å². The summed E-state index contributed by atoms with van der Waals surface area (Å²) in [7, 11) is 0. The van der Waals surface area contributed by atoms with Crippen molar-refractivity contribution in [3.8, 4) is 0 Å². The number of likely N-dealkylation sites (tertiary alicyclic amines) is 1. The van der Waals surface area contributed by atoms with Crippen molar-refractivity contribution < 1.29 is 4.79 Å². The lowest BCUT2D eigenvalue weighted by Gasteiger charge is -2.27. The second-order valence-corrected chi connectivity index (χ2v) is 7.98. The summed E-state index contributed by atoms with van der Waals surface area (Å²) in [6.45, 7) is 4.46. The molecule has 0 unspecified atom stereocenters. The fraction of sp³-hybridized carbons (Fsp3) is 0.304. The van der Waals surface area contributed by atoms with E-state index in [9.17, 15) is 9.59 Å². The zero-order chi connectivity index (χ0) is 20.8. The highest BCUT2D eigenvalue weighted by Crippen LogP contribution is 2.33. The third-order valence-corrected chi connectivity index (χ3v) is 5.97. The lowest BCUT2D eigenvalue weighted by atomic mass is 10.2. The fourth-order valence-corrected chi connectivity index (χ4v) is 4.33. The minimum absolute atomic E-state index is 0.0895. The number of nitrogens with zero attached hydrogens (tertiary/aromatic N) is 4. The van der Waals surface area contributed by atoms with Crippen LogP contribution in [0.3, 0.4) is 0 Å². The molecule has 2 atom stereocenters. The average molecular weight is 401 g/mol. The Hall–Kier alpha value is -3.48. The van der Waals surface area contributed by atoms with Gasteiger partial charge in [-0.3, -0.25) is 14.2 Å². The summed E-state index contributed by atoms with van der Waals surface area (Å²) in [4.78, 5) is 40.6. The van der Waals surface area contributed by atoms with Crippen LogP contribution in [-0.2, 0) is 4.79 Å². The number of aromatic amines is 1. The van der Waals surface area contributed by atoms with E-state index in [1.807, 2.05) is 36.1 Å². The molecule has 7 nitrogen and oxygen atoms in total. The van der Waals surface area contributed by atoms with Gasteiger partial charge in [-0.15, -0.1) is 0 Å². The van der Waals surface area contributed by atoms with E-state index in [-0.39, 0.29) is 17.5 Å². The third kappa shape index (κ3) is 2.98. The van der Waals surface area contributed by atoms with E-state index in [2.05, 4.69) is 16.0 Å². The van der Waals surface area contributed by atoms with Crippen LogP contribution < -0.4 is 5.56 Å². The topological polar surface area (TPSA) is 83.9 Å². The Kier molecular flexibility index (Phi) is 4.38. The van der Waals surface area contributed by atoms with Crippen LogP contribution in [0.25, 0.3) is 21.9 Å². The molecule has 7 heteroatoms. The second-order valence-electron chi connectivity index (χ2n) is 7.98. The number of aromatic nitrogens is 4. The molecule has 2 aromatic heterocycles. The Morgan fingerprint density at radius 2 is 2.03 bits per heavy atom. The molecule has 0 bridgehead atoms. The van der Waals surface area contributed by atoms with E-state index in [1.54, 1.807) is 19.1 Å². The molecule has 1 fully saturated rings. The Bertz CT molecular complexity index is 1320. The summed E-state index contributed by atoms with van der Waals surface area (Å²) >= 11 is 0. The van der Waals surface area contributed by atoms with Crippen molar-refractivity contribution in [2.45, 2.75) is 38.8 Å². The maximum absolute atomic E-state index is 13.4. The highest BCUT2D eigenvalue weighted by atomic mass is 16.2. The van der Waals surface area contributed by atoms with Crippen molar-refractivity contribution in [1.29, 1.82) is 0 Å². The molecule has 4 aromatic rings. The molecule has 1 saturated heterocycles. The number of carbonyl (C=O) groups excluding carboxylic acids is 1. The van der Waals surface area contributed by atoms with Crippen molar-refractivity contribution in [1.82, 2.24) is 24.4 Å². The Balaban J connectivity index is 1.47. The number of H-pyrrole nitrogens is 1. The molecule has 0 radical (unpaired) electrons. The normalized spacial score (nSPS) is 17.7. The number of fused-ring (bicyclic) bond motifs is 2. The summed E-state index contributed by atoms with van der Waals surface area (Å²) in [6.07, 6.45) is 3.23. The molecule has 3 heterocycles. The van der Waals surface area contributed by atoms with Gasteiger partial charge in [-0.2, -0.15) is 0 Å². The number of hydrogen-bond donors (Lipinski definition) is 1. The number of aryl methyl sites for hydroxylation is 1. The van der Waals surface area contributed by atoms with Gasteiger partial charge in [-0.1, -0.05) is 18.2 Å². The highest BCUT2D eigenvalue weighted by Gasteiger charge is 2.35. The van der Waals surface area contributed by atoms with E-state index >= 15 is 0 Å². The number of hydrogen-bond acceptors (Lipinski definition) is 4. The van der Waals surface area contributed by atoms with Crippen molar-refractivity contribution in [2.75, 3.05) is 6.54 Å². The standard InChI is InChI=1S/C23H23N5O2/c1-14-9-10-18-19(12-14)26-21(25-18)20-8-5-11-27(20)22(29)15(2)28-13-24-17-7-4-3-6-16(17)23(28)30/h3-4,6-7,9-10,12-13,15,20H,5,8,11H2,1-2H3,(H,25,26)/t15-,20+/m1/s1. The summed E-state index contributed by atoms with van der Waals surface area (Å²) in [5, 5.41) is 0.519. The van der Waals surface area contributed by atoms with Gasteiger partial charge in [-0.05, 0) is 56.5 Å². The molecule has 30 heavy (non-hydrogen) atoms. The summed E-state index contributed by atoms with van der Waals surface area (Å²) in [5.74, 6) is 0.714.